The molecule has 0 unspecified atom stereocenters. The zero-order chi connectivity index (χ0) is 27.9. The second-order valence-electron chi connectivity index (χ2n) is 10.1. The Labute approximate surface area is 241 Å². The number of carbonyl (C=O) groups is 2. The van der Waals surface area contributed by atoms with Crippen LogP contribution in [0.15, 0.2) is 48.5 Å². The minimum atomic E-state index is -0.119. The van der Waals surface area contributed by atoms with Crippen molar-refractivity contribution in [2.24, 2.45) is 5.73 Å². The summed E-state index contributed by atoms with van der Waals surface area (Å²) in [6, 6.07) is 15.8. The van der Waals surface area contributed by atoms with E-state index in [0.29, 0.717) is 23.2 Å². The summed E-state index contributed by atoms with van der Waals surface area (Å²) in [4.78, 5) is 25.1. The number of nitrogens with one attached hydrogen (secondary N) is 2. The molecular formula is C29H33N7O2S2. The number of nitrogens with two attached hydrogens (primary N) is 1. The molecule has 9 nitrogen and oxygen atoms in total. The lowest BCUT2D eigenvalue weighted by molar-refractivity contribution is -0.116. The Bertz CT molecular complexity index is 1330. The Morgan fingerprint density at radius 1 is 0.750 bits per heavy atom. The van der Waals surface area contributed by atoms with Crippen LogP contribution in [0.25, 0.3) is 0 Å². The SMILES string of the molecule is CCc1ccc(CC(=O)Nc2nnc([C@H]3CCC[C@H](c4nnc(NC(=O)Cc5ccc(CN)cc5)s4)C3)s2)cc1. The third kappa shape index (κ3) is 7.35. The van der Waals surface area contributed by atoms with Crippen LogP contribution in [0.4, 0.5) is 10.3 Å². The van der Waals surface area contributed by atoms with Gasteiger partial charge in [-0.1, -0.05) is 84.5 Å². The first-order chi connectivity index (χ1) is 19.5. The minimum absolute atomic E-state index is 0.0931. The first-order valence-corrected chi connectivity index (χ1v) is 15.2. The van der Waals surface area contributed by atoms with Gasteiger partial charge in [-0.25, -0.2) is 0 Å². The van der Waals surface area contributed by atoms with Crippen molar-refractivity contribution in [2.75, 3.05) is 10.6 Å². The van der Waals surface area contributed by atoms with Crippen LogP contribution < -0.4 is 16.4 Å². The van der Waals surface area contributed by atoms with E-state index in [1.54, 1.807) is 0 Å². The van der Waals surface area contributed by atoms with Crippen molar-refractivity contribution in [3.05, 3.63) is 80.8 Å². The number of anilines is 2. The monoisotopic (exact) mass is 575 g/mol. The topological polar surface area (TPSA) is 136 Å². The van der Waals surface area contributed by atoms with Gasteiger partial charge in [0.25, 0.3) is 0 Å². The molecule has 2 atom stereocenters. The molecule has 4 N–H and O–H groups in total. The molecule has 0 radical (unpaired) electrons. The molecule has 40 heavy (non-hydrogen) atoms. The number of amides is 2. The molecular weight excluding hydrogens is 543 g/mol. The molecule has 208 valence electrons. The lowest BCUT2D eigenvalue weighted by Crippen LogP contribution is -2.14. The zero-order valence-electron chi connectivity index (χ0n) is 22.4. The van der Waals surface area contributed by atoms with Crippen LogP contribution in [-0.2, 0) is 35.4 Å². The maximum absolute atomic E-state index is 12.5. The van der Waals surface area contributed by atoms with Crippen molar-refractivity contribution in [2.45, 2.75) is 70.3 Å². The highest BCUT2D eigenvalue weighted by Gasteiger charge is 2.29. The molecule has 1 aliphatic carbocycles. The summed E-state index contributed by atoms with van der Waals surface area (Å²) in [6.07, 6.45) is 5.53. The van der Waals surface area contributed by atoms with Crippen molar-refractivity contribution >= 4 is 44.8 Å². The van der Waals surface area contributed by atoms with Crippen LogP contribution in [0.1, 0.15) is 76.7 Å². The largest absolute Gasteiger partial charge is 0.326 e. The van der Waals surface area contributed by atoms with Gasteiger partial charge in [-0.15, -0.1) is 20.4 Å². The van der Waals surface area contributed by atoms with E-state index in [1.807, 2.05) is 36.4 Å². The van der Waals surface area contributed by atoms with Crippen molar-refractivity contribution in [1.82, 2.24) is 20.4 Å². The maximum Gasteiger partial charge on any atom is 0.230 e. The molecule has 5 rings (SSSR count). The number of nitrogens with zero attached hydrogens (tertiary/aromatic N) is 4. The first-order valence-electron chi connectivity index (χ1n) is 13.6. The Hall–Kier alpha value is -3.54. The molecule has 2 aromatic heterocycles. The van der Waals surface area contributed by atoms with Gasteiger partial charge in [0.15, 0.2) is 0 Å². The van der Waals surface area contributed by atoms with E-state index in [1.165, 1.54) is 28.2 Å². The minimum Gasteiger partial charge on any atom is -0.326 e. The fraction of sp³-hybridized carbons (Fsp3) is 0.379. The van der Waals surface area contributed by atoms with Gasteiger partial charge in [-0.05, 0) is 47.9 Å². The molecule has 1 saturated carbocycles. The highest BCUT2D eigenvalue weighted by molar-refractivity contribution is 7.15. The molecule has 0 spiro atoms. The Morgan fingerprint density at radius 3 is 1.65 bits per heavy atom. The molecule has 1 aliphatic rings. The summed E-state index contributed by atoms with van der Waals surface area (Å²) < 4.78 is 0. The number of rotatable bonds is 10. The number of hydrogen-bond acceptors (Lipinski definition) is 9. The lowest BCUT2D eigenvalue weighted by atomic mass is 9.82. The molecule has 11 heteroatoms. The summed E-state index contributed by atoms with van der Waals surface area (Å²) >= 11 is 2.89. The third-order valence-electron chi connectivity index (χ3n) is 7.17. The molecule has 1 fully saturated rings. The summed E-state index contributed by atoms with van der Waals surface area (Å²) in [5.41, 5.74) is 9.83. The molecule has 2 aromatic carbocycles. The van der Waals surface area contributed by atoms with Gasteiger partial charge < -0.3 is 16.4 Å². The molecule has 0 bridgehead atoms. The van der Waals surface area contributed by atoms with Crippen molar-refractivity contribution in [1.29, 1.82) is 0 Å². The van der Waals surface area contributed by atoms with Crippen molar-refractivity contribution in [3.63, 3.8) is 0 Å². The number of aryl methyl sites for hydroxylation is 1. The Balaban J connectivity index is 1.13. The van der Waals surface area contributed by atoms with Crippen LogP contribution in [-0.4, -0.2) is 32.2 Å². The average Bonchev–Trinajstić information content (AvgIpc) is 3.64. The molecule has 2 amide bonds. The predicted octanol–water partition coefficient (Wildman–Crippen LogP) is 5.21. The van der Waals surface area contributed by atoms with Crippen LogP contribution >= 0.6 is 22.7 Å². The molecule has 0 aliphatic heterocycles. The highest BCUT2D eigenvalue weighted by Crippen LogP contribution is 2.43. The van der Waals surface area contributed by atoms with Crippen LogP contribution in [0.2, 0.25) is 0 Å². The van der Waals surface area contributed by atoms with Gasteiger partial charge in [-0.2, -0.15) is 0 Å². The summed E-state index contributed by atoms with van der Waals surface area (Å²) in [6.45, 7) is 2.59. The third-order valence-corrected chi connectivity index (χ3v) is 9.17. The Morgan fingerprint density at radius 2 is 1.20 bits per heavy atom. The lowest BCUT2D eigenvalue weighted by Gasteiger charge is -2.25. The van der Waals surface area contributed by atoms with Crippen molar-refractivity contribution < 1.29 is 9.59 Å². The number of aromatic nitrogens is 4. The smallest absolute Gasteiger partial charge is 0.230 e. The van der Waals surface area contributed by atoms with Crippen molar-refractivity contribution in [3.8, 4) is 0 Å². The van der Waals surface area contributed by atoms with E-state index in [-0.39, 0.29) is 30.1 Å². The zero-order valence-corrected chi connectivity index (χ0v) is 24.1. The summed E-state index contributed by atoms with van der Waals surface area (Å²) in [5, 5.41) is 26.0. The van der Waals surface area contributed by atoms with E-state index < -0.39 is 0 Å². The number of benzene rings is 2. The first kappa shape index (κ1) is 28.0. The van der Waals surface area contributed by atoms with E-state index in [4.69, 9.17) is 5.73 Å². The molecule has 2 heterocycles. The molecule has 0 saturated heterocycles. The van der Waals surface area contributed by atoms with Gasteiger partial charge in [0.05, 0.1) is 12.8 Å². The second-order valence-corrected chi connectivity index (χ2v) is 12.1. The quantitative estimate of drug-likeness (QED) is 0.236. The van der Waals surface area contributed by atoms with E-state index in [0.717, 1.165) is 58.8 Å². The number of carbonyl (C=O) groups excluding carboxylic acids is 2. The highest BCUT2D eigenvalue weighted by atomic mass is 32.1. The van der Waals surface area contributed by atoms with Gasteiger partial charge in [0.2, 0.25) is 22.1 Å². The standard InChI is InChI=1S/C29H33N7O2S2/c1-2-18-6-8-19(9-7-18)14-24(37)31-28-35-33-26(39-28)22-4-3-5-23(16-22)27-34-36-29(40-27)32-25(38)15-20-10-12-21(17-30)13-11-20/h6-13,22-23H,2-5,14-17,30H2,1H3,(H,31,35,37)(H,32,36,38)/t22-,23-/m0/s1. The fourth-order valence-corrected chi connectivity index (χ4v) is 6.74. The van der Waals surface area contributed by atoms with E-state index in [2.05, 4.69) is 50.1 Å². The summed E-state index contributed by atoms with van der Waals surface area (Å²) in [5.74, 6) is 0.288. The van der Waals surface area contributed by atoms with Gasteiger partial charge >= 0.3 is 0 Å². The van der Waals surface area contributed by atoms with Gasteiger partial charge in [-0.3, -0.25) is 9.59 Å². The number of hydrogen-bond donors (Lipinski definition) is 3. The van der Waals surface area contributed by atoms with Gasteiger partial charge in [0.1, 0.15) is 10.0 Å². The molecule has 4 aromatic rings. The van der Waals surface area contributed by atoms with E-state index in [9.17, 15) is 9.59 Å². The van der Waals surface area contributed by atoms with Crippen LogP contribution in [0, 0.1) is 0 Å². The fourth-order valence-electron chi connectivity index (χ4n) is 4.92. The van der Waals surface area contributed by atoms with Gasteiger partial charge in [0, 0.05) is 18.4 Å². The second kappa shape index (κ2) is 13.2. The van der Waals surface area contributed by atoms with Crippen LogP contribution in [0.5, 0.6) is 0 Å². The predicted molar refractivity (Wildman–Crippen MR) is 159 cm³/mol. The Kier molecular flexibility index (Phi) is 9.25. The maximum atomic E-state index is 12.5. The average molecular weight is 576 g/mol. The van der Waals surface area contributed by atoms with E-state index >= 15 is 0 Å². The normalized spacial score (nSPS) is 16.9. The summed E-state index contributed by atoms with van der Waals surface area (Å²) in [7, 11) is 0. The van der Waals surface area contributed by atoms with Crippen LogP contribution in [0.3, 0.4) is 0 Å².